The Bertz CT molecular complexity index is 1200. The number of nitrogens with one attached hydrogen (secondary N) is 2. The average molecular weight is 473 g/mol. The SMILES string of the molecule is O=C(Nc1ccc(N2CCOCC2)nc1)c1ccccc1NS(=O)(=O)c1ccc(Cl)cc1. The molecule has 166 valence electrons. The molecular formula is C22H21ClN4O4S. The van der Waals surface area contributed by atoms with Crippen molar-refractivity contribution in [3.63, 3.8) is 0 Å². The van der Waals surface area contributed by atoms with Crippen LogP contribution in [0, 0.1) is 0 Å². The van der Waals surface area contributed by atoms with E-state index in [0.717, 1.165) is 18.9 Å². The first-order valence-corrected chi connectivity index (χ1v) is 11.8. The van der Waals surface area contributed by atoms with Crippen LogP contribution < -0.4 is 14.9 Å². The Morgan fingerprint density at radius 3 is 2.41 bits per heavy atom. The zero-order valence-corrected chi connectivity index (χ0v) is 18.6. The number of carbonyl (C=O) groups is 1. The fourth-order valence-electron chi connectivity index (χ4n) is 3.23. The number of nitrogens with zero attached hydrogens (tertiary/aromatic N) is 2. The highest BCUT2D eigenvalue weighted by Crippen LogP contribution is 2.23. The first kappa shape index (κ1) is 22.1. The second-order valence-electron chi connectivity index (χ2n) is 7.06. The van der Waals surface area contributed by atoms with Gasteiger partial charge in [-0.3, -0.25) is 9.52 Å². The summed E-state index contributed by atoms with van der Waals surface area (Å²) in [6, 6.07) is 15.7. The zero-order valence-electron chi connectivity index (χ0n) is 17.0. The van der Waals surface area contributed by atoms with Gasteiger partial charge in [0.15, 0.2) is 0 Å². The van der Waals surface area contributed by atoms with Crippen LogP contribution in [-0.4, -0.2) is 45.6 Å². The van der Waals surface area contributed by atoms with Gasteiger partial charge >= 0.3 is 0 Å². The van der Waals surface area contributed by atoms with Gasteiger partial charge in [-0.15, -0.1) is 0 Å². The van der Waals surface area contributed by atoms with E-state index in [0.29, 0.717) is 23.9 Å². The molecule has 32 heavy (non-hydrogen) atoms. The lowest BCUT2D eigenvalue weighted by Gasteiger charge is -2.27. The summed E-state index contributed by atoms with van der Waals surface area (Å²) in [6.07, 6.45) is 1.57. The minimum Gasteiger partial charge on any atom is -0.378 e. The third-order valence-electron chi connectivity index (χ3n) is 4.88. The van der Waals surface area contributed by atoms with E-state index in [1.165, 1.54) is 30.3 Å². The first-order chi connectivity index (χ1) is 15.4. The fraction of sp³-hybridized carbons (Fsp3) is 0.182. The molecule has 2 N–H and O–H groups in total. The van der Waals surface area contributed by atoms with Crippen LogP contribution in [0.3, 0.4) is 0 Å². The van der Waals surface area contributed by atoms with E-state index in [1.54, 1.807) is 30.5 Å². The van der Waals surface area contributed by atoms with Gasteiger partial charge < -0.3 is 15.0 Å². The highest BCUT2D eigenvalue weighted by Gasteiger charge is 2.19. The Hall–Kier alpha value is -3.14. The van der Waals surface area contributed by atoms with Crippen molar-refractivity contribution in [2.75, 3.05) is 41.2 Å². The number of para-hydroxylation sites is 1. The summed E-state index contributed by atoms with van der Waals surface area (Å²) in [7, 11) is -3.89. The van der Waals surface area contributed by atoms with E-state index in [9.17, 15) is 13.2 Å². The number of hydrogen-bond acceptors (Lipinski definition) is 6. The monoisotopic (exact) mass is 472 g/mol. The molecule has 0 bridgehead atoms. The van der Waals surface area contributed by atoms with Gasteiger partial charge in [0.2, 0.25) is 0 Å². The maximum atomic E-state index is 12.9. The number of halogens is 1. The maximum Gasteiger partial charge on any atom is 0.261 e. The second kappa shape index (κ2) is 9.56. The lowest BCUT2D eigenvalue weighted by atomic mass is 10.1. The molecule has 1 amide bonds. The summed E-state index contributed by atoms with van der Waals surface area (Å²) in [4.78, 5) is 19.4. The summed E-state index contributed by atoms with van der Waals surface area (Å²) in [5.41, 5.74) is 0.850. The molecule has 1 aliphatic heterocycles. The van der Waals surface area contributed by atoms with Crippen LogP contribution in [-0.2, 0) is 14.8 Å². The molecule has 1 aromatic heterocycles. The van der Waals surface area contributed by atoms with Crippen molar-refractivity contribution < 1.29 is 17.9 Å². The molecule has 0 atom stereocenters. The zero-order chi connectivity index (χ0) is 22.6. The van der Waals surface area contributed by atoms with Crippen LogP contribution in [0.15, 0.2) is 71.8 Å². The molecular weight excluding hydrogens is 452 g/mol. The number of anilines is 3. The smallest absolute Gasteiger partial charge is 0.261 e. The molecule has 0 unspecified atom stereocenters. The molecule has 1 fully saturated rings. The number of benzene rings is 2. The molecule has 0 radical (unpaired) electrons. The summed E-state index contributed by atoms with van der Waals surface area (Å²) in [5.74, 6) is 0.350. The van der Waals surface area contributed by atoms with Gasteiger partial charge in [0, 0.05) is 18.1 Å². The molecule has 0 aliphatic carbocycles. The number of aromatic nitrogens is 1. The second-order valence-corrected chi connectivity index (χ2v) is 9.18. The van der Waals surface area contributed by atoms with E-state index in [-0.39, 0.29) is 16.1 Å². The average Bonchev–Trinajstić information content (AvgIpc) is 2.80. The Morgan fingerprint density at radius 2 is 1.72 bits per heavy atom. The molecule has 10 heteroatoms. The van der Waals surface area contributed by atoms with Crippen molar-refractivity contribution in [2.24, 2.45) is 0 Å². The van der Waals surface area contributed by atoms with Crippen LogP contribution in [0.5, 0.6) is 0 Å². The van der Waals surface area contributed by atoms with Gasteiger partial charge in [-0.25, -0.2) is 13.4 Å². The van der Waals surface area contributed by atoms with Crippen LogP contribution in [0.25, 0.3) is 0 Å². The van der Waals surface area contributed by atoms with Crippen molar-refractivity contribution in [3.8, 4) is 0 Å². The predicted octanol–water partition coefficient (Wildman–Crippen LogP) is 3.62. The number of pyridine rings is 1. The van der Waals surface area contributed by atoms with Gasteiger partial charge in [0.25, 0.3) is 15.9 Å². The predicted molar refractivity (Wildman–Crippen MR) is 124 cm³/mol. The number of hydrogen-bond donors (Lipinski definition) is 2. The topological polar surface area (TPSA) is 101 Å². The molecule has 2 aromatic carbocycles. The molecule has 1 aliphatic rings. The molecule has 0 spiro atoms. The minimum absolute atomic E-state index is 0.0417. The standard InChI is InChI=1S/C22H21ClN4O4S/c23-16-5-8-18(9-6-16)32(29,30)26-20-4-2-1-3-19(20)22(28)25-17-7-10-21(24-15-17)27-11-13-31-14-12-27/h1-10,15,26H,11-14H2,(H,25,28). The number of rotatable bonds is 6. The number of carbonyl (C=O) groups excluding carboxylic acids is 1. The third kappa shape index (κ3) is 5.18. The summed E-state index contributed by atoms with van der Waals surface area (Å²) >= 11 is 5.84. The van der Waals surface area contributed by atoms with Crippen molar-refractivity contribution in [1.29, 1.82) is 0 Å². The Kier molecular flexibility index (Phi) is 6.59. The van der Waals surface area contributed by atoms with Gasteiger partial charge in [-0.05, 0) is 48.5 Å². The molecule has 4 rings (SSSR count). The first-order valence-electron chi connectivity index (χ1n) is 9.90. The van der Waals surface area contributed by atoms with Crippen LogP contribution >= 0.6 is 11.6 Å². The molecule has 1 saturated heterocycles. The van der Waals surface area contributed by atoms with E-state index < -0.39 is 15.9 Å². The maximum absolute atomic E-state index is 12.9. The Balaban J connectivity index is 1.49. The van der Waals surface area contributed by atoms with Crippen molar-refractivity contribution in [3.05, 3.63) is 77.4 Å². The number of ether oxygens (including phenoxy) is 1. The molecule has 3 aromatic rings. The van der Waals surface area contributed by atoms with Crippen molar-refractivity contribution >= 4 is 44.7 Å². The Labute approximate surface area is 191 Å². The lowest BCUT2D eigenvalue weighted by molar-refractivity contribution is 0.102. The quantitative estimate of drug-likeness (QED) is 0.568. The summed E-state index contributed by atoms with van der Waals surface area (Å²) in [5, 5.41) is 3.19. The normalized spacial score (nSPS) is 14.1. The largest absolute Gasteiger partial charge is 0.378 e. The van der Waals surface area contributed by atoms with Crippen LogP contribution in [0.2, 0.25) is 5.02 Å². The molecule has 8 nitrogen and oxygen atoms in total. The van der Waals surface area contributed by atoms with Gasteiger partial charge in [-0.2, -0.15) is 0 Å². The highest BCUT2D eigenvalue weighted by molar-refractivity contribution is 7.92. The number of morpholine rings is 1. The molecule has 2 heterocycles. The van der Waals surface area contributed by atoms with Crippen molar-refractivity contribution in [2.45, 2.75) is 4.90 Å². The summed E-state index contributed by atoms with van der Waals surface area (Å²) < 4.78 is 33.3. The van der Waals surface area contributed by atoms with Gasteiger partial charge in [-0.1, -0.05) is 23.7 Å². The van der Waals surface area contributed by atoms with Crippen molar-refractivity contribution in [1.82, 2.24) is 4.98 Å². The van der Waals surface area contributed by atoms with E-state index in [2.05, 4.69) is 19.9 Å². The van der Waals surface area contributed by atoms with Gasteiger partial charge in [0.05, 0.1) is 41.2 Å². The van der Waals surface area contributed by atoms with Crippen LogP contribution in [0.4, 0.5) is 17.2 Å². The Morgan fingerprint density at radius 1 is 1.00 bits per heavy atom. The van der Waals surface area contributed by atoms with Crippen LogP contribution in [0.1, 0.15) is 10.4 Å². The third-order valence-corrected chi connectivity index (χ3v) is 6.51. The lowest BCUT2D eigenvalue weighted by Crippen LogP contribution is -2.36. The fourth-order valence-corrected chi connectivity index (χ4v) is 4.43. The minimum atomic E-state index is -3.89. The number of amides is 1. The van der Waals surface area contributed by atoms with Gasteiger partial charge in [0.1, 0.15) is 5.82 Å². The van der Waals surface area contributed by atoms with E-state index in [4.69, 9.17) is 16.3 Å². The van der Waals surface area contributed by atoms with E-state index >= 15 is 0 Å². The number of sulfonamides is 1. The highest BCUT2D eigenvalue weighted by atomic mass is 35.5. The molecule has 0 saturated carbocycles. The summed E-state index contributed by atoms with van der Waals surface area (Å²) in [6.45, 7) is 2.84. The van der Waals surface area contributed by atoms with E-state index in [1.807, 2.05) is 6.07 Å².